The number of amides is 1. The summed E-state index contributed by atoms with van der Waals surface area (Å²) in [4.78, 5) is 14.9. The van der Waals surface area contributed by atoms with Crippen molar-refractivity contribution in [3.05, 3.63) is 77.8 Å². The molecule has 0 spiro atoms. The molecule has 1 amide bonds. The van der Waals surface area contributed by atoms with E-state index < -0.39 is 15.9 Å². The summed E-state index contributed by atoms with van der Waals surface area (Å²) in [6.07, 6.45) is 0.386. The van der Waals surface area contributed by atoms with Crippen LogP contribution in [0.15, 0.2) is 65.1 Å². The summed E-state index contributed by atoms with van der Waals surface area (Å²) in [7, 11) is -3.18. The minimum absolute atomic E-state index is 0.0592. The number of ether oxygens (including phenoxy) is 1. The molecule has 0 saturated carbocycles. The first-order valence-electron chi connectivity index (χ1n) is 10.4. The molecule has 1 fully saturated rings. The van der Waals surface area contributed by atoms with Gasteiger partial charge in [0.15, 0.2) is 9.84 Å². The molecule has 3 aromatic rings. The molecule has 0 bridgehead atoms. The standard InChI is InChI=1S/C24H24FNO5S/c1-2-30-21-9-5-18(6-10-21)24(27)26(20-13-14-32(28,29)16-20)15-22-11-12-23(31-22)17-3-7-19(25)8-4-17/h3-12,20H,2,13-16H2,1H3/t20-/m1/s1. The molecule has 1 saturated heterocycles. The van der Waals surface area contributed by atoms with Gasteiger partial charge in [0.05, 0.1) is 24.7 Å². The van der Waals surface area contributed by atoms with E-state index >= 15 is 0 Å². The Morgan fingerprint density at radius 1 is 1.09 bits per heavy atom. The molecule has 4 rings (SSSR count). The zero-order valence-electron chi connectivity index (χ0n) is 17.7. The number of hydrogen-bond donors (Lipinski definition) is 0. The average molecular weight is 458 g/mol. The molecule has 1 aliphatic rings. The Kier molecular flexibility index (Phi) is 6.32. The quantitative estimate of drug-likeness (QED) is 0.528. The van der Waals surface area contributed by atoms with Crippen molar-refractivity contribution < 1.29 is 26.8 Å². The Morgan fingerprint density at radius 2 is 1.81 bits per heavy atom. The van der Waals surface area contributed by atoms with Crippen LogP contribution in [-0.2, 0) is 16.4 Å². The molecule has 2 aromatic carbocycles. The molecule has 1 aromatic heterocycles. The largest absolute Gasteiger partial charge is 0.494 e. The summed E-state index contributed by atoms with van der Waals surface area (Å²) in [5, 5.41) is 0. The summed E-state index contributed by atoms with van der Waals surface area (Å²) in [6, 6.07) is 15.8. The molecule has 8 heteroatoms. The molecule has 0 unspecified atom stereocenters. The lowest BCUT2D eigenvalue weighted by molar-refractivity contribution is 0.0666. The van der Waals surface area contributed by atoms with Gasteiger partial charge in [-0.3, -0.25) is 4.79 Å². The highest BCUT2D eigenvalue weighted by atomic mass is 32.2. The minimum Gasteiger partial charge on any atom is -0.494 e. The maximum atomic E-state index is 13.3. The second kappa shape index (κ2) is 9.16. The van der Waals surface area contributed by atoms with Gasteiger partial charge in [0.2, 0.25) is 0 Å². The third-order valence-electron chi connectivity index (χ3n) is 5.44. The Labute approximate surface area is 186 Å². The van der Waals surface area contributed by atoms with Gasteiger partial charge in [-0.2, -0.15) is 0 Å². The Hall–Kier alpha value is -3.13. The molecule has 2 heterocycles. The van der Waals surface area contributed by atoms with Crippen LogP contribution in [0.2, 0.25) is 0 Å². The van der Waals surface area contributed by atoms with Gasteiger partial charge in [-0.15, -0.1) is 0 Å². The lowest BCUT2D eigenvalue weighted by Gasteiger charge is -2.27. The zero-order valence-corrected chi connectivity index (χ0v) is 18.5. The van der Waals surface area contributed by atoms with E-state index in [0.29, 0.717) is 41.4 Å². The number of benzene rings is 2. The molecule has 32 heavy (non-hydrogen) atoms. The van der Waals surface area contributed by atoms with E-state index in [4.69, 9.17) is 9.15 Å². The van der Waals surface area contributed by atoms with Crippen molar-refractivity contribution in [3.8, 4) is 17.1 Å². The summed E-state index contributed by atoms with van der Waals surface area (Å²) in [5.74, 6) is 1.12. The van der Waals surface area contributed by atoms with Crippen molar-refractivity contribution in [1.29, 1.82) is 0 Å². The van der Waals surface area contributed by atoms with Crippen LogP contribution in [0.1, 0.15) is 29.5 Å². The highest BCUT2D eigenvalue weighted by Gasteiger charge is 2.35. The van der Waals surface area contributed by atoms with Crippen LogP contribution in [0, 0.1) is 5.82 Å². The number of halogens is 1. The second-order valence-corrected chi connectivity index (χ2v) is 9.95. The molecule has 0 aliphatic carbocycles. The molecule has 6 nitrogen and oxygen atoms in total. The van der Waals surface area contributed by atoms with Crippen LogP contribution in [-0.4, -0.2) is 43.4 Å². The van der Waals surface area contributed by atoms with Gasteiger partial charge < -0.3 is 14.1 Å². The van der Waals surface area contributed by atoms with E-state index in [0.717, 1.165) is 0 Å². The molecule has 1 atom stereocenters. The SMILES string of the molecule is CCOc1ccc(C(=O)N(Cc2ccc(-c3ccc(F)cc3)o2)[C@@H]2CCS(=O)(=O)C2)cc1. The van der Waals surface area contributed by atoms with Crippen LogP contribution in [0.4, 0.5) is 4.39 Å². The van der Waals surface area contributed by atoms with Gasteiger partial charge in [0.1, 0.15) is 23.1 Å². The predicted molar refractivity (Wildman–Crippen MR) is 119 cm³/mol. The number of furan rings is 1. The molecule has 1 aliphatic heterocycles. The molecule has 168 valence electrons. The van der Waals surface area contributed by atoms with E-state index in [1.807, 2.05) is 6.92 Å². The van der Waals surface area contributed by atoms with Crippen molar-refractivity contribution in [1.82, 2.24) is 4.90 Å². The van der Waals surface area contributed by atoms with Crippen molar-refractivity contribution in [2.45, 2.75) is 25.9 Å². The number of hydrogen-bond acceptors (Lipinski definition) is 5. The fourth-order valence-electron chi connectivity index (χ4n) is 3.81. The Balaban J connectivity index is 1.58. The predicted octanol–water partition coefficient (Wildman–Crippen LogP) is 4.31. The number of rotatable bonds is 7. The third-order valence-corrected chi connectivity index (χ3v) is 7.19. The maximum Gasteiger partial charge on any atom is 0.254 e. The lowest BCUT2D eigenvalue weighted by Crippen LogP contribution is -2.40. The number of sulfone groups is 1. The zero-order chi connectivity index (χ0) is 22.7. The summed E-state index contributed by atoms with van der Waals surface area (Å²) in [5.41, 5.74) is 1.16. The molecular formula is C24H24FNO5S. The lowest BCUT2D eigenvalue weighted by atomic mass is 10.1. The van der Waals surface area contributed by atoms with Crippen molar-refractivity contribution in [2.24, 2.45) is 0 Å². The smallest absolute Gasteiger partial charge is 0.254 e. The van der Waals surface area contributed by atoms with Crippen molar-refractivity contribution >= 4 is 15.7 Å². The first-order chi connectivity index (χ1) is 15.3. The minimum atomic E-state index is -3.18. The molecule has 0 radical (unpaired) electrons. The second-order valence-electron chi connectivity index (χ2n) is 7.72. The number of nitrogens with zero attached hydrogens (tertiary/aromatic N) is 1. The fraction of sp³-hybridized carbons (Fsp3) is 0.292. The van der Waals surface area contributed by atoms with Gasteiger partial charge in [-0.25, -0.2) is 12.8 Å². The Morgan fingerprint density at radius 3 is 2.44 bits per heavy atom. The number of carbonyl (C=O) groups is 1. The van der Waals surface area contributed by atoms with Crippen molar-refractivity contribution in [3.63, 3.8) is 0 Å². The van der Waals surface area contributed by atoms with Gasteiger partial charge in [0, 0.05) is 17.2 Å². The van der Waals surface area contributed by atoms with Crippen LogP contribution in [0.5, 0.6) is 5.75 Å². The highest BCUT2D eigenvalue weighted by Crippen LogP contribution is 2.27. The average Bonchev–Trinajstić information content (AvgIpc) is 3.39. The first kappa shape index (κ1) is 22.1. The van der Waals surface area contributed by atoms with E-state index in [9.17, 15) is 17.6 Å². The van der Waals surface area contributed by atoms with E-state index in [1.54, 1.807) is 53.4 Å². The first-order valence-corrected chi connectivity index (χ1v) is 12.3. The highest BCUT2D eigenvalue weighted by molar-refractivity contribution is 7.91. The molecule has 0 N–H and O–H groups in total. The normalized spacial score (nSPS) is 17.2. The summed E-state index contributed by atoms with van der Waals surface area (Å²) < 4.78 is 48.7. The van der Waals surface area contributed by atoms with E-state index in [-0.39, 0.29) is 29.8 Å². The summed E-state index contributed by atoms with van der Waals surface area (Å²) in [6.45, 7) is 2.53. The summed E-state index contributed by atoms with van der Waals surface area (Å²) >= 11 is 0. The van der Waals surface area contributed by atoms with Crippen LogP contribution in [0.25, 0.3) is 11.3 Å². The Bertz CT molecular complexity index is 1190. The van der Waals surface area contributed by atoms with Crippen LogP contribution in [0.3, 0.4) is 0 Å². The van der Waals surface area contributed by atoms with Gasteiger partial charge in [0.25, 0.3) is 5.91 Å². The van der Waals surface area contributed by atoms with E-state index in [1.165, 1.54) is 12.1 Å². The third kappa shape index (κ3) is 5.02. The topological polar surface area (TPSA) is 76.8 Å². The number of carbonyl (C=O) groups excluding carboxylic acids is 1. The maximum absolute atomic E-state index is 13.3. The van der Waals surface area contributed by atoms with E-state index in [2.05, 4.69) is 0 Å². The monoisotopic (exact) mass is 457 g/mol. The van der Waals surface area contributed by atoms with Crippen LogP contribution < -0.4 is 4.74 Å². The van der Waals surface area contributed by atoms with Gasteiger partial charge >= 0.3 is 0 Å². The van der Waals surface area contributed by atoms with Crippen LogP contribution >= 0.6 is 0 Å². The fourth-order valence-corrected chi connectivity index (χ4v) is 5.54. The van der Waals surface area contributed by atoms with Crippen molar-refractivity contribution in [2.75, 3.05) is 18.1 Å². The molecular weight excluding hydrogens is 433 g/mol. The van der Waals surface area contributed by atoms with Gasteiger partial charge in [-0.1, -0.05) is 0 Å². The van der Waals surface area contributed by atoms with Gasteiger partial charge in [-0.05, 0) is 74.0 Å².